The fourth-order valence-corrected chi connectivity index (χ4v) is 3.27. The molecule has 7 heteroatoms. The molecule has 1 N–H and O–H groups in total. The lowest BCUT2D eigenvalue weighted by Crippen LogP contribution is -2.13. The summed E-state index contributed by atoms with van der Waals surface area (Å²) in [6.45, 7) is 8.00. The minimum atomic E-state index is 0.0924. The minimum absolute atomic E-state index is 0.0924. The first-order chi connectivity index (χ1) is 17.1. The molecule has 1 aliphatic rings. The number of carbonyl (C=O) groups excluding carboxylic acids is 1. The second-order valence-corrected chi connectivity index (χ2v) is 8.19. The van der Waals surface area contributed by atoms with E-state index in [1.807, 2.05) is 88.1 Å². The molecule has 0 aliphatic heterocycles. The summed E-state index contributed by atoms with van der Waals surface area (Å²) >= 11 is 3.28. The average molecular weight is 537 g/mol. The smallest absolute Gasteiger partial charge is 0.228 e. The lowest BCUT2D eigenvalue weighted by atomic mass is 10.2. The predicted octanol–water partition coefficient (Wildman–Crippen LogP) is 7.38. The van der Waals surface area contributed by atoms with Crippen LogP contribution in [0.2, 0.25) is 0 Å². The molecule has 6 nitrogen and oxygen atoms in total. The molecule has 0 saturated heterocycles. The number of hydrogen-bond donors (Lipinski definition) is 1. The number of aryl methyl sites for hydroxylation is 1. The number of fused-ring (bicyclic) bond motifs is 1. The van der Waals surface area contributed by atoms with Crippen molar-refractivity contribution >= 4 is 50.7 Å². The average Bonchev–Trinajstić information content (AvgIpc) is 3.72. The molecule has 1 amide bonds. The Hall–Kier alpha value is -3.32. The number of nitrogens with zero attached hydrogens (tertiary/aromatic N) is 4. The summed E-state index contributed by atoms with van der Waals surface area (Å²) in [5.41, 5.74) is 3.20. The Balaban J connectivity index is 0.000000225. The summed E-state index contributed by atoms with van der Waals surface area (Å²) in [4.78, 5) is 19.4. The van der Waals surface area contributed by atoms with Crippen LogP contribution >= 0.6 is 15.9 Å². The highest BCUT2D eigenvalue weighted by atomic mass is 79.9. The fourth-order valence-electron chi connectivity index (χ4n) is 3.04. The molecule has 0 atom stereocenters. The number of anilines is 1. The van der Waals surface area contributed by atoms with Crippen molar-refractivity contribution in [1.82, 2.24) is 19.7 Å². The first-order valence-electron chi connectivity index (χ1n) is 12.0. The lowest BCUT2D eigenvalue weighted by Gasteiger charge is -2.01. The van der Waals surface area contributed by atoms with Gasteiger partial charge in [-0.3, -0.25) is 14.5 Å². The van der Waals surface area contributed by atoms with Crippen LogP contribution in [0.3, 0.4) is 0 Å². The number of aromatic nitrogens is 4. The number of para-hydroxylation sites is 1. The van der Waals surface area contributed by atoms with Crippen molar-refractivity contribution < 1.29 is 4.79 Å². The Bertz CT molecular complexity index is 1200. The maximum atomic E-state index is 11.3. The van der Waals surface area contributed by atoms with Crippen LogP contribution < -0.4 is 5.32 Å². The predicted molar refractivity (Wildman–Crippen MR) is 150 cm³/mol. The third-order valence-electron chi connectivity index (χ3n) is 4.83. The van der Waals surface area contributed by atoms with Gasteiger partial charge in [0.05, 0.1) is 11.2 Å². The Kier molecular flexibility index (Phi) is 11.8. The number of benzene rings is 1. The van der Waals surface area contributed by atoms with E-state index < -0.39 is 0 Å². The van der Waals surface area contributed by atoms with Crippen LogP contribution in [0.5, 0.6) is 0 Å². The SMILES string of the molecule is CC.CC.Cn1nc(/C=C/c2cccnc2)c2ccccc21.O=C(Nc1ccc(Br)cn1)C1CC1. The highest BCUT2D eigenvalue weighted by Crippen LogP contribution is 2.30. The van der Waals surface area contributed by atoms with Crippen LogP contribution in [-0.4, -0.2) is 25.7 Å². The Morgan fingerprint density at radius 2 is 1.74 bits per heavy atom. The number of hydrogen-bond acceptors (Lipinski definition) is 4. The molecule has 3 aromatic heterocycles. The molecular weight excluding hydrogens is 502 g/mol. The molecule has 1 aromatic carbocycles. The monoisotopic (exact) mass is 535 g/mol. The Morgan fingerprint density at radius 3 is 2.37 bits per heavy atom. The third-order valence-corrected chi connectivity index (χ3v) is 5.30. The largest absolute Gasteiger partial charge is 0.310 e. The summed E-state index contributed by atoms with van der Waals surface area (Å²) < 4.78 is 2.81. The Labute approximate surface area is 216 Å². The van der Waals surface area contributed by atoms with Gasteiger partial charge in [-0.1, -0.05) is 58.0 Å². The molecule has 35 heavy (non-hydrogen) atoms. The second kappa shape index (κ2) is 14.8. The van der Waals surface area contributed by atoms with Crippen LogP contribution in [0.1, 0.15) is 51.8 Å². The van der Waals surface area contributed by atoms with E-state index in [2.05, 4.69) is 48.4 Å². The van der Waals surface area contributed by atoms with Crippen molar-refractivity contribution in [3.63, 3.8) is 0 Å². The van der Waals surface area contributed by atoms with Gasteiger partial charge >= 0.3 is 0 Å². The minimum Gasteiger partial charge on any atom is -0.310 e. The molecule has 5 rings (SSSR count). The summed E-state index contributed by atoms with van der Waals surface area (Å²) in [6.07, 6.45) is 11.4. The van der Waals surface area contributed by atoms with Crippen molar-refractivity contribution in [1.29, 1.82) is 0 Å². The van der Waals surface area contributed by atoms with Crippen LogP contribution in [0, 0.1) is 5.92 Å². The molecule has 0 bridgehead atoms. The van der Waals surface area contributed by atoms with Crippen molar-refractivity contribution in [2.45, 2.75) is 40.5 Å². The summed E-state index contributed by atoms with van der Waals surface area (Å²) in [7, 11) is 1.96. The molecule has 0 radical (unpaired) electrons. The topological polar surface area (TPSA) is 72.7 Å². The molecule has 4 aromatic rings. The molecule has 3 heterocycles. The van der Waals surface area contributed by atoms with Gasteiger partial charge in [-0.15, -0.1) is 0 Å². The number of halogens is 1. The van der Waals surface area contributed by atoms with Crippen molar-refractivity contribution in [2.24, 2.45) is 13.0 Å². The first kappa shape index (κ1) is 27.9. The van der Waals surface area contributed by atoms with Gasteiger partial charge in [0.1, 0.15) is 5.82 Å². The number of rotatable bonds is 4. The van der Waals surface area contributed by atoms with Gasteiger partial charge in [0.15, 0.2) is 0 Å². The van der Waals surface area contributed by atoms with E-state index in [4.69, 9.17) is 0 Å². The van der Waals surface area contributed by atoms with E-state index in [9.17, 15) is 4.79 Å². The van der Waals surface area contributed by atoms with Gasteiger partial charge in [-0.2, -0.15) is 5.10 Å². The van der Waals surface area contributed by atoms with Gasteiger partial charge in [-0.25, -0.2) is 4.98 Å². The van der Waals surface area contributed by atoms with Gasteiger partial charge in [0.25, 0.3) is 0 Å². The normalized spacial score (nSPS) is 11.9. The summed E-state index contributed by atoms with van der Waals surface area (Å²) in [5.74, 6) is 0.945. The maximum absolute atomic E-state index is 11.3. The van der Waals surface area contributed by atoms with Crippen LogP contribution in [-0.2, 0) is 11.8 Å². The molecule has 1 fully saturated rings. The highest BCUT2D eigenvalue weighted by molar-refractivity contribution is 9.10. The standard InChI is InChI=1S/C15H13N3.C9H9BrN2O.2C2H6/c1-18-15-7-3-2-6-13(15)14(17-18)9-8-12-5-4-10-16-11-12;10-7-3-4-8(11-5-7)12-9(13)6-1-2-6;2*1-2/h2-11H,1H3;3-6H,1-2H2,(H,11,12,13);2*1-2H3/b9-8+;;;. The lowest BCUT2D eigenvalue weighted by molar-refractivity contribution is -0.117. The van der Waals surface area contributed by atoms with Crippen molar-refractivity contribution in [2.75, 3.05) is 5.32 Å². The van der Waals surface area contributed by atoms with Crippen LogP contribution in [0.4, 0.5) is 5.82 Å². The van der Waals surface area contributed by atoms with Gasteiger partial charge in [0, 0.05) is 41.4 Å². The zero-order valence-corrected chi connectivity index (χ0v) is 22.7. The van der Waals surface area contributed by atoms with E-state index in [0.29, 0.717) is 5.82 Å². The zero-order valence-electron chi connectivity index (χ0n) is 21.1. The van der Waals surface area contributed by atoms with Crippen molar-refractivity contribution in [3.05, 3.63) is 82.9 Å². The number of carbonyl (C=O) groups is 1. The highest BCUT2D eigenvalue weighted by Gasteiger charge is 2.29. The van der Waals surface area contributed by atoms with E-state index in [-0.39, 0.29) is 11.8 Å². The summed E-state index contributed by atoms with van der Waals surface area (Å²) in [5, 5.41) is 8.44. The van der Waals surface area contributed by atoms with Crippen LogP contribution in [0.25, 0.3) is 23.1 Å². The number of pyridine rings is 2. The second-order valence-electron chi connectivity index (χ2n) is 7.27. The van der Waals surface area contributed by atoms with Gasteiger partial charge in [-0.05, 0) is 64.7 Å². The summed E-state index contributed by atoms with van der Waals surface area (Å²) in [6, 6.07) is 15.8. The zero-order chi connectivity index (χ0) is 25.6. The van der Waals surface area contributed by atoms with E-state index in [1.165, 1.54) is 5.39 Å². The number of amides is 1. The van der Waals surface area contributed by atoms with Gasteiger partial charge in [0.2, 0.25) is 5.91 Å². The Morgan fingerprint density at radius 1 is 1.00 bits per heavy atom. The molecule has 184 valence electrons. The fraction of sp³-hybridized carbons (Fsp3) is 0.286. The van der Waals surface area contributed by atoms with Gasteiger partial charge < -0.3 is 5.32 Å². The number of nitrogens with one attached hydrogen (secondary N) is 1. The van der Waals surface area contributed by atoms with E-state index in [1.54, 1.807) is 18.5 Å². The first-order valence-corrected chi connectivity index (χ1v) is 12.8. The van der Waals surface area contributed by atoms with Crippen LogP contribution in [0.15, 0.2) is 71.6 Å². The molecule has 1 saturated carbocycles. The van der Waals surface area contributed by atoms with E-state index >= 15 is 0 Å². The third kappa shape index (κ3) is 8.76. The molecule has 1 aliphatic carbocycles. The quantitative estimate of drug-likeness (QED) is 0.295. The maximum Gasteiger partial charge on any atom is 0.228 e. The molecular formula is C28H34BrN5O. The van der Waals surface area contributed by atoms with E-state index in [0.717, 1.165) is 34.1 Å². The molecule has 0 unspecified atom stereocenters. The van der Waals surface area contributed by atoms with Crippen molar-refractivity contribution in [3.8, 4) is 0 Å². The molecule has 0 spiro atoms.